The van der Waals surface area contributed by atoms with Crippen molar-refractivity contribution in [3.8, 4) is 0 Å². The van der Waals surface area contributed by atoms with E-state index in [1.807, 2.05) is 0 Å². The number of nitrogen functional groups attached to an aromatic ring is 1. The third kappa shape index (κ3) is 1.56. The van der Waals surface area contributed by atoms with E-state index in [1.54, 1.807) is 0 Å². The van der Waals surface area contributed by atoms with Crippen LogP contribution in [0.5, 0.6) is 0 Å². The van der Waals surface area contributed by atoms with Gasteiger partial charge in [-0.3, -0.25) is 4.98 Å². The second kappa shape index (κ2) is 3.33. The van der Waals surface area contributed by atoms with E-state index >= 15 is 0 Å². The third-order valence-corrected chi connectivity index (χ3v) is 2.16. The van der Waals surface area contributed by atoms with Gasteiger partial charge in [0.2, 0.25) is 0 Å². The highest BCUT2D eigenvalue weighted by Gasteiger charge is 2.33. The van der Waals surface area contributed by atoms with Crippen LogP contribution in [0.25, 0.3) is 10.9 Å². The minimum atomic E-state index is -4.56. The van der Waals surface area contributed by atoms with Crippen molar-refractivity contribution in [1.29, 1.82) is 0 Å². The molecule has 0 aliphatic heterocycles. The molecule has 6 heteroatoms. The van der Waals surface area contributed by atoms with E-state index < -0.39 is 23.1 Å². The Morgan fingerprint density at radius 3 is 2.50 bits per heavy atom. The Labute approximate surface area is 87.7 Å². The number of anilines is 1. The molecule has 1 heterocycles. The van der Waals surface area contributed by atoms with E-state index in [2.05, 4.69) is 4.98 Å². The number of alkyl halides is 3. The van der Waals surface area contributed by atoms with Gasteiger partial charge >= 0.3 is 6.18 Å². The van der Waals surface area contributed by atoms with Crippen LogP contribution < -0.4 is 5.73 Å². The van der Waals surface area contributed by atoms with Crippen molar-refractivity contribution >= 4 is 16.6 Å². The Kier molecular flexibility index (Phi) is 2.22. The van der Waals surface area contributed by atoms with Crippen LogP contribution in [-0.2, 0) is 6.18 Å². The number of hydrogen-bond acceptors (Lipinski definition) is 2. The summed E-state index contributed by atoms with van der Waals surface area (Å²) >= 11 is 0. The SMILES string of the molecule is Nc1cnc2c(C(F)(F)F)cccc2c1F. The molecule has 2 N–H and O–H groups in total. The smallest absolute Gasteiger partial charge is 0.395 e. The second-order valence-electron chi connectivity index (χ2n) is 3.23. The number of fused-ring (bicyclic) bond motifs is 1. The lowest BCUT2D eigenvalue weighted by Crippen LogP contribution is -2.07. The number of aromatic nitrogens is 1. The first kappa shape index (κ1) is 10.7. The Balaban J connectivity index is 2.85. The predicted molar refractivity (Wildman–Crippen MR) is 51.1 cm³/mol. The Hall–Kier alpha value is -1.85. The standard InChI is InChI=1S/C10H6F4N2/c11-8-5-2-1-3-6(10(12,13)14)9(5)16-4-7(8)15/h1-4H,15H2. The van der Waals surface area contributed by atoms with Gasteiger partial charge in [-0.05, 0) is 12.1 Å². The minimum absolute atomic E-state index is 0.227. The molecule has 0 aliphatic carbocycles. The fraction of sp³-hybridized carbons (Fsp3) is 0.100. The zero-order valence-electron chi connectivity index (χ0n) is 7.85. The van der Waals surface area contributed by atoms with Crippen LogP contribution in [0.3, 0.4) is 0 Å². The summed E-state index contributed by atoms with van der Waals surface area (Å²) in [4.78, 5) is 3.52. The molecule has 0 amide bonds. The van der Waals surface area contributed by atoms with Gasteiger partial charge in [-0.25, -0.2) is 4.39 Å². The molecule has 0 unspecified atom stereocenters. The maximum atomic E-state index is 13.4. The fourth-order valence-corrected chi connectivity index (χ4v) is 1.43. The zero-order valence-corrected chi connectivity index (χ0v) is 7.85. The zero-order chi connectivity index (χ0) is 11.9. The van der Waals surface area contributed by atoms with Gasteiger partial charge in [0.05, 0.1) is 23.0 Å². The quantitative estimate of drug-likeness (QED) is 0.706. The normalized spacial score (nSPS) is 12.0. The summed E-state index contributed by atoms with van der Waals surface area (Å²) in [6, 6.07) is 3.18. The maximum Gasteiger partial charge on any atom is 0.418 e. The molecule has 2 nitrogen and oxygen atoms in total. The molecule has 84 valence electrons. The average Bonchev–Trinajstić information content (AvgIpc) is 2.21. The number of rotatable bonds is 0. The highest BCUT2D eigenvalue weighted by Crippen LogP contribution is 2.34. The highest BCUT2D eigenvalue weighted by atomic mass is 19.4. The summed E-state index contributed by atoms with van der Waals surface area (Å²) < 4.78 is 51.1. The largest absolute Gasteiger partial charge is 0.418 e. The lowest BCUT2D eigenvalue weighted by Gasteiger charge is -2.10. The van der Waals surface area contributed by atoms with Crippen molar-refractivity contribution in [2.75, 3.05) is 5.73 Å². The van der Waals surface area contributed by atoms with Crippen LogP contribution in [0.1, 0.15) is 5.56 Å². The first-order chi connectivity index (χ1) is 7.41. The van der Waals surface area contributed by atoms with E-state index in [1.165, 1.54) is 6.07 Å². The lowest BCUT2D eigenvalue weighted by molar-refractivity contribution is -0.136. The van der Waals surface area contributed by atoms with Crippen molar-refractivity contribution in [1.82, 2.24) is 4.98 Å². The summed E-state index contributed by atoms with van der Waals surface area (Å²) in [5.41, 5.74) is 3.56. The van der Waals surface area contributed by atoms with Crippen molar-refractivity contribution in [2.45, 2.75) is 6.18 Å². The third-order valence-electron chi connectivity index (χ3n) is 2.16. The molecule has 0 spiro atoms. The van der Waals surface area contributed by atoms with Gasteiger partial charge in [0.15, 0.2) is 5.82 Å². The minimum Gasteiger partial charge on any atom is -0.395 e. The molecule has 0 bridgehead atoms. The Morgan fingerprint density at radius 1 is 1.19 bits per heavy atom. The van der Waals surface area contributed by atoms with Gasteiger partial charge in [0, 0.05) is 5.39 Å². The number of nitrogens with zero attached hydrogens (tertiary/aromatic N) is 1. The monoisotopic (exact) mass is 230 g/mol. The summed E-state index contributed by atoms with van der Waals surface area (Å²) in [5, 5.41) is -0.227. The first-order valence-corrected chi connectivity index (χ1v) is 4.31. The van der Waals surface area contributed by atoms with Gasteiger partial charge in [-0.1, -0.05) is 6.07 Å². The predicted octanol–water partition coefficient (Wildman–Crippen LogP) is 2.97. The van der Waals surface area contributed by atoms with Crippen molar-refractivity contribution in [2.24, 2.45) is 0 Å². The van der Waals surface area contributed by atoms with E-state index in [4.69, 9.17) is 5.73 Å². The van der Waals surface area contributed by atoms with E-state index in [-0.39, 0.29) is 11.1 Å². The molecular formula is C10H6F4N2. The van der Waals surface area contributed by atoms with Crippen molar-refractivity contribution < 1.29 is 17.6 Å². The highest BCUT2D eigenvalue weighted by molar-refractivity contribution is 5.85. The van der Waals surface area contributed by atoms with Gasteiger partial charge in [-0.15, -0.1) is 0 Å². The number of hydrogen-bond donors (Lipinski definition) is 1. The number of pyridine rings is 1. The van der Waals surface area contributed by atoms with Gasteiger partial charge in [0.1, 0.15) is 0 Å². The number of halogens is 4. The summed E-state index contributed by atoms with van der Waals surface area (Å²) in [7, 11) is 0. The summed E-state index contributed by atoms with van der Waals surface area (Å²) in [6.45, 7) is 0. The molecule has 0 atom stereocenters. The molecule has 1 aromatic carbocycles. The Morgan fingerprint density at radius 2 is 1.88 bits per heavy atom. The van der Waals surface area contributed by atoms with Crippen LogP contribution in [-0.4, -0.2) is 4.98 Å². The lowest BCUT2D eigenvalue weighted by atomic mass is 10.1. The van der Waals surface area contributed by atoms with Gasteiger partial charge in [-0.2, -0.15) is 13.2 Å². The van der Waals surface area contributed by atoms with Crippen LogP contribution >= 0.6 is 0 Å². The van der Waals surface area contributed by atoms with E-state index in [0.717, 1.165) is 18.3 Å². The van der Waals surface area contributed by atoms with Crippen LogP contribution in [0.15, 0.2) is 24.4 Å². The number of nitrogens with two attached hydrogens (primary N) is 1. The Bertz CT molecular complexity index is 548. The molecule has 0 fully saturated rings. The molecule has 1 aromatic heterocycles. The number of para-hydroxylation sites is 1. The maximum absolute atomic E-state index is 13.4. The molecule has 0 radical (unpaired) electrons. The summed E-state index contributed by atoms with van der Waals surface area (Å²) in [5.74, 6) is -0.879. The molecule has 0 saturated heterocycles. The molecule has 0 aliphatic rings. The van der Waals surface area contributed by atoms with Crippen LogP contribution in [0.2, 0.25) is 0 Å². The van der Waals surface area contributed by atoms with Crippen molar-refractivity contribution in [3.05, 3.63) is 35.8 Å². The van der Waals surface area contributed by atoms with Crippen molar-refractivity contribution in [3.63, 3.8) is 0 Å². The molecule has 16 heavy (non-hydrogen) atoms. The number of benzene rings is 1. The molecule has 2 rings (SSSR count). The van der Waals surface area contributed by atoms with Crippen LogP contribution in [0, 0.1) is 5.82 Å². The van der Waals surface area contributed by atoms with Crippen LogP contribution in [0.4, 0.5) is 23.2 Å². The van der Waals surface area contributed by atoms with Gasteiger partial charge < -0.3 is 5.73 Å². The first-order valence-electron chi connectivity index (χ1n) is 4.31. The van der Waals surface area contributed by atoms with E-state index in [0.29, 0.717) is 0 Å². The molecule has 0 saturated carbocycles. The van der Waals surface area contributed by atoms with E-state index in [9.17, 15) is 17.6 Å². The van der Waals surface area contributed by atoms with Gasteiger partial charge in [0.25, 0.3) is 0 Å². The topological polar surface area (TPSA) is 38.9 Å². The second-order valence-corrected chi connectivity index (χ2v) is 3.23. The average molecular weight is 230 g/mol. The fourth-order valence-electron chi connectivity index (χ4n) is 1.43. The molecule has 2 aromatic rings. The molecular weight excluding hydrogens is 224 g/mol. The summed E-state index contributed by atoms with van der Waals surface area (Å²) in [6.07, 6.45) is -3.68.